The fraction of sp³-hybridized carbons (Fsp3) is 0.444. The number of benzene rings is 1. The first-order valence-corrected chi connectivity index (χ1v) is 8.36. The number of nitrogens with one attached hydrogen (secondary N) is 1. The number of anilines is 2. The van der Waals surface area contributed by atoms with E-state index in [-0.39, 0.29) is 6.61 Å². The van der Waals surface area contributed by atoms with Crippen LogP contribution in [0.4, 0.5) is 20.5 Å². The smallest absolute Gasteiger partial charge is 0.227 e. The molecule has 5 nitrogen and oxygen atoms in total. The van der Waals surface area contributed by atoms with E-state index >= 15 is 0 Å². The monoisotopic (exact) mass is 348 g/mol. The highest BCUT2D eigenvalue weighted by Gasteiger charge is 2.36. The molecule has 1 atom stereocenters. The molecule has 0 unspecified atom stereocenters. The minimum atomic E-state index is -0.596. The predicted octanol–water partition coefficient (Wildman–Crippen LogP) is 2.62. The molecule has 2 aromatic rings. The minimum absolute atomic E-state index is 0.0773. The molecule has 0 bridgehead atoms. The molecule has 2 heterocycles. The highest BCUT2D eigenvalue weighted by molar-refractivity contribution is 5.41. The Labute approximate surface area is 145 Å². The Kier molecular flexibility index (Phi) is 5.13. The molecule has 0 radical (unpaired) electrons. The Hall–Kier alpha value is -2.28. The average molecular weight is 348 g/mol. The van der Waals surface area contributed by atoms with Gasteiger partial charge in [0.15, 0.2) is 0 Å². The SMILES string of the molecule is CNc1ccnc(N2CCC[C@@](CO)(Cc3ccc(F)cc3F)C2)n1. The summed E-state index contributed by atoms with van der Waals surface area (Å²) in [5.74, 6) is 0.138. The molecule has 1 aromatic carbocycles. The number of aromatic nitrogens is 2. The first kappa shape index (κ1) is 17.5. The van der Waals surface area contributed by atoms with E-state index in [4.69, 9.17) is 0 Å². The Morgan fingerprint density at radius 2 is 2.16 bits per heavy atom. The summed E-state index contributed by atoms with van der Waals surface area (Å²) in [7, 11) is 1.79. The summed E-state index contributed by atoms with van der Waals surface area (Å²) in [6.45, 7) is 1.22. The van der Waals surface area contributed by atoms with E-state index in [0.717, 1.165) is 31.3 Å². The number of nitrogens with zero attached hydrogens (tertiary/aromatic N) is 3. The van der Waals surface area contributed by atoms with E-state index < -0.39 is 17.0 Å². The van der Waals surface area contributed by atoms with Crippen molar-refractivity contribution in [1.82, 2.24) is 9.97 Å². The van der Waals surface area contributed by atoms with Crippen molar-refractivity contribution >= 4 is 11.8 Å². The molecular weight excluding hydrogens is 326 g/mol. The molecule has 1 aromatic heterocycles. The van der Waals surface area contributed by atoms with Crippen molar-refractivity contribution in [2.75, 3.05) is 37.0 Å². The van der Waals surface area contributed by atoms with Gasteiger partial charge in [-0.1, -0.05) is 6.07 Å². The number of piperidine rings is 1. The van der Waals surface area contributed by atoms with E-state index in [9.17, 15) is 13.9 Å². The minimum Gasteiger partial charge on any atom is -0.396 e. The third-order valence-corrected chi connectivity index (χ3v) is 4.76. The third-order valence-electron chi connectivity index (χ3n) is 4.76. The first-order valence-electron chi connectivity index (χ1n) is 8.36. The second kappa shape index (κ2) is 7.31. The largest absolute Gasteiger partial charge is 0.396 e. The van der Waals surface area contributed by atoms with Gasteiger partial charge < -0.3 is 15.3 Å². The highest BCUT2D eigenvalue weighted by atomic mass is 19.1. The van der Waals surface area contributed by atoms with Gasteiger partial charge in [0.2, 0.25) is 5.95 Å². The molecule has 1 fully saturated rings. The van der Waals surface area contributed by atoms with Crippen LogP contribution < -0.4 is 10.2 Å². The Morgan fingerprint density at radius 1 is 1.32 bits per heavy atom. The van der Waals surface area contributed by atoms with E-state index in [2.05, 4.69) is 15.3 Å². The molecule has 1 aliphatic rings. The lowest BCUT2D eigenvalue weighted by molar-refractivity contribution is 0.104. The number of hydrogen-bond donors (Lipinski definition) is 2. The van der Waals surface area contributed by atoms with Crippen molar-refractivity contribution in [2.45, 2.75) is 19.3 Å². The zero-order chi connectivity index (χ0) is 17.9. The quantitative estimate of drug-likeness (QED) is 0.870. The Bertz CT molecular complexity index is 743. The summed E-state index contributed by atoms with van der Waals surface area (Å²) < 4.78 is 27.2. The van der Waals surface area contributed by atoms with Crippen LogP contribution in [0.1, 0.15) is 18.4 Å². The van der Waals surface area contributed by atoms with Crippen LogP contribution in [0.25, 0.3) is 0 Å². The van der Waals surface area contributed by atoms with E-state index in [1.54, 1.807) is 19.3 Å². The van der Waals surface area contributed by atoms with Crippen LogP contribution in [0, 0.1) is 17.0 Å². The molecular formula is C18H22F2N4O. The van der Waals surface area contributed by atoms with Crippen molar-refractivity contribution in [3.8, 4) is 0 Å². The topological polar surface area (TPSA) is 61.3 Å². The summed E-state index contributed by atoms with van der Waals surface area (Å²) in [6, 6.07) is 5.38. The number of aliphatic hydroxyl groups is 1. The van der Waals surface area contributed by atoms with E-state index in [0.29, 0.717) is 24.5 Å². The normalized spacial score (nSPS) is 20.6. The van der Waals surface area contributed by atoms with Gasteiger partial charge in [-0.15, -0.1) is 0 Å². The van der Waals surface area contributed by atoms with Gasteiger partial charge in [-0.3, -0.25) is 0 Å². The maximum absolute atomic E-state index is 14.1. The van der Waals surface area contributed by atoms with Gasteiger partial charge in [0.25, 0.3) is 0 Å². The predicted molar refractivity (Wildman–Crippen MR) is 92.6 cm³/mol. The van der Waals surface area contributed by atoms with Gasteiger partial charge in [-0.25, -0.2) is 13.8 Å². The van der Waals surface area contributed by atoms with Crippen LogP contribution in [-0.4, -0.2) is 41.8 Å². The van der Waals surface area contributed by atoms with Gasteiger partial charge in [-0.2, -0.15) is 4.98 Å². The second-order valence-corrected chi connectivity index (χ2v) is 6.59. The van der Waals surface area contributed by atoms with E-state index in [1.165, 1.54) is 12.1 Å². The molecule has 0 spiro atoms. The fourth-order valence-corrected chi connectivity index (χ4v) is 3.42. The molecule has 7 heteroatoms. The number of halogens is 2. The van der Waals surface area contributed by atoms with Crippen LogP contribution in [-0.2, 0) is 6.42 Å². The van der Waals surface area contributed by atoms with Crippen LogP contribution >= 0.6 is 0 Å². The lowest BCUT2D eigenvalue weighted by Gasteiger charge is -2.42. The first-order chi connectivity index (χ1) is 12.0. The van der Waals surface area contributed by atoms with Gasteiger partial charge >= 0.3 is 0 Å². The zero-order valence-electron chi connectivity index (χ0n) is 14.2. The van der Waals surface area contributed by atoms with Crippen LogP contribution in [0.5, 0.6) is 0 Å². The lowest BCUT2D eigenvalue weighted by atomic mass is 9.75. The number of rotatable bonds is 5. The molecule has 25 heavy (non-hydrogen) atoms. The summed E-state index contributed by atoms with van der Waals surface area (Å²) in [5.41, 5.74) is -0.0853. The zero-order valence-corrected chi connectivity index (χ0v) is 14.2. The number of hydrogen-bond acceptors (Lipinski definition) is 5. The van der Waals surface area contributed by atoms with Crippen LogP contribution in [0.2, 0.25) is 0 Å². The fourth-order valence-electron chi connectivity index (χ4n) is 3.42. The van der Waals surface area contributed by atoms with Gasteiger partial charge in [0.1, 0.15) is 17.5 Å². The molecule has 3 rings (SSSR count). The van der Waals surface area contributed by atoms with Crippen LogP contribution in [0.15, 0.2) is 30.5 Å². The van der Waals surface area contributed by atoms with Crippen molar-refractivity contribution < 1.29 is 13.9 Å². The molecule has 1 aliphatic heterocycles. The molecule has 2 N–H and O–H groups in total. The molecule has 134 valence electrons. The average Bonchev–Trinajstić information content (AvgIpc) is 2.64. The van der Waals surface area contributed by atoms with Gasteiger partial charge in [0, 0.05) is 37.8 Å². The highest BCUT2D eigenvalue weighted by Crippen LogP contribution is 2.35. The summed E-state index contributed by atoms with van der Waals surface area (Å²) in [6.07, 6.45) is 3.64. The maximum atomic E-state index is 14.1. The molecule has 0 amide bonds. The lowest BCUT2D eigenvalue weighted by Crippen LogP contribution is -2.47. The summed E-state index contributed by atoms with van der Waals surface area (Å²) in [4.78, 5) is 10.8. The van der Waals surface area contributed by atoms with Crippen LogP contribution in [0.3, 0.4) is 0 Å². The third kappa shape index (κ3) is 3.87. The van der Waals surface area contributed by atoms with Crippen molar-refractivity contribution in [2.24, 2.45) is 5.41 Å². The van der Waals surface area contributed by atoms with Crippen molar-refractivity contribution in [3.05, 3.63) is 47.7 Å². The Balaban J connectivity index is 1.83. The van der Waals surface area contributed by atoms with Gasteiger partial charge in [0.05, 0.1) is 6.61 Å². The second-order valence-electron chi connectivity index (χ2n) is 6.59. The van der Waals surface area contributed by atoms with Gasteiger partial charge in [-0.05, 0) is 37.0 Å². The van der Waals surface area contributed by atoms with Crippen molar-refractivity contribution in [1.29, 1.82) is 0 Å². The summed E-state index contributed by atoms with van der Waals surface area (Å²) in [5, 5.41) is 13.0. The van der Waals surface area contributed by atoms with E-state index in [1.807, 2.05) is 4.90 Å². The Morgan fingerprint density at radius 3 is 2.88 bits per heavy atom. The molecule has 1 saturated heterocycles. The molecule has 0 aliphatic carbocycles. The maximum Gasteiger partial charge on any atom is 0.227 e. The summed E-state index contributed by atoms with van der Waals surface area (Å²) >= 11 is 0. The number of aliphatic hydroxyl groups excluding tert-OH is 1. The van der Waals surface area contributed by atoms with Crippen molar-refractivity contribution in [3.63, 3.8) is 0 Å². The molecule has 0 saturated carbocycles. The standard InChI is InChI=1S/C18H22F2N4O/c1-21-16-5-7-22-17(23-16)24-8-2-6-18(11-24,12-25)10-13-3-4-14(19)9-15(13)20/h3-5,7,9,25H,2,6,8,10-12H2,1H3,(H,21,22,23)/t18-/m1/s1.